The summed E-state index contributed by atoms with van der Waals surface area (Å²) in [7, 11) is 0. The molecule has 10 heteroatoms. The fraction of sp³-hybridized carbons (Fsp3) is 0.174. The third-order valence-corrected chi connectivity index (χ3v) is 5.71. The number of nitrogens with one attached hydrogen (secondary N) is 1. The summed E-state index contributed by atoms with van der Waals surface area (Å²) in [6.07, 6.45) is -3.11. The Morgan fingerprint density at radius 3 is 2.33 bits per heavy atom. The van der Waals surface area contributed by atoms with Crippen LogP contribution in [0.15, 0.2) is 88.6 Å². The number of rotatable bonds is 8. The van der Waals surface area contributed by atoms with Gasteiger partial charge in [-0.15, -0.1) is 10.2 Å². The van der Waals surface area contributed by atoms with Crippen molar-refractivity contribution in [2.75, 3.05) is 5.75 Å². The van der Waals surface area contributed by atoms with E-state index >= 15 is 0 Å². The molecule has 1 N–H and O–H groups in total. The molecule has 2 heterocycles. The lowest BCUT2D eigenvalue weighted by molar-refractivity contribution is -0.162. The fourth-order valence-corrected chi connectivity index (χ4v) is 3.97. The Bertz CT molecular complexity index is 1180. The SMILES string of the molecule is O=C(CSc1nnc(-c2ccco2)n1Cc1ccccc1)NC(c1ccccc1)C(F)(F)F. The highest BCUT2D eigenvalue weighted by atomic mass is 32.2. The summed E-state index contributed by atoms with van der Waals surface area (Å²) < 4.78 is 47.8. The van der Waals surface area contributed by atoms with Crippen LogP contribution in [-0.4, -0.2) is 32.6 Å². The number of thioether (sulfide) groups is 1. The molecule has 0 radical (unpaired) electrons. The van der Waals surface area contributed by atoms with Crippen LogP contribution in [0.3, 0.4) is 0 Å². The third kappa shape index (κ3) is 5.64. The van der Waals surface area contributed by atoms with Crippen molar-refractivity contribution < 1.29 is 22.4 Å². The van der Waals surface area contributed by atoms with Crippen LogP contribution in [0.5, 0.6) is 0 Å². The average molecular weight is 472 g/mol. The molecule has 170 valence electrons. The number of amides is 1. The van der Waals surface area contributed by atoms with Crippen LogP contribution in [0.1, 0.15) is 17.2 Å². The predicted molar refractivity (Wildman–Crippen MR) is 117 cm³/mol. The summed E-state index contributed by atoms with van der Waals surface area (Å²) >= 11 is 1.01. The second-order valence-electron chi connectivity index (χ2n) is 7.10. The van der Waals surface area contributed by atoms with Gasteiger partial charge in [0.1, 0.15) is 0 Å². The molecule has 0 aliphatic heterocycles. The van der Waals surface area contributed by atoms with Crippen LogP contribution in [-0.2, 0) is 11.3 Å². The molecule has 4 aromatic rings. The molecule has 0 saturated carbocycles. The molecule has 0 fully saturated rings. The van der Waals surface area contributed by atoms with Gasteiger partial charge < -0.3 is 9.73 Å². The number of furan rings is 1. The van der Waals surface area contributed by atoms with E-state index in [1.54, 1.807) is 22.8 Å². The Morgan fingerprint density at radius 2 is 1.70 bits per heavy atom. The quantitative estimate of drug-likeness (QED) is 0.361. The summed E-state index contributed by atoms with van der Waals surface area (Å²) in [4.78, 5) is 12.4. The molecule has 1 amide bonds. The first-order chi connectivity index (χ1) is 15.9. The molecule has 0 saturated heterocycles. The molecule has 33 heavy (non-hydrogen) atoms. The molecule has 1 unspecified atom stereocenters. The van der Waals surface area contributed by atoms with E-state index in [1.807, 2.05) is 30.3 Å². The normalized spacial score (nSPS) is 12.5. The third-order valence-electron chi connectivity index (χ3n) is 4.74. The number of nitrogens with zero attached hydrogens (tertiary/aromatic N) is 3. The fourth-order valence-electron chi connectivity index (χ4n) is 3.22. The minimum Gasteiger partial charge on any atom is -0.461 e. The van der Waals surface area contributed by atoms with Crippen molar-refractivity contribution in [1.29, 1.82) is 0 Å². The van der Waals surface area contributed by atoms with E-state index in [0.717, 1.165) is 17.3 Å². The number of carbonyl (C=O) groups is 1. The largest absolute Gasteiger partial charge is 0.461 e. The number of carbonyl (C=O) groups excluding carboxylic acids is 1. The standard InChI is InChI=1S/C23H19F3N4O2S/c24-23(25,26)20(17-10-5-2-6-11-17)27-19(31)15-33-22-29-28-21(18-12-7-13-32-18)30(22)14-16-8-3-1-4-9-16/h1-13,20H,14-15H2,(H,27,31). The van der Waals surface area contributed by atoms with Crippen molar-refractivity contribution in [2.24, 2.45) is 0 Å². The maximum atomic E-state index is 13.5. The summed E-state index contributed by atoms with van der Waals surface area (Å²) in [6.45, 7) is 0.406. The van der Waals surface area contributed by atoms with Crippen molar-refractivity contribution >= 4 is 17.7 Å². The van der Waals surface area contributed by atoms with E-state index in [0.29, 0.717) is 23.3 Å². The van der Waals surface area contributed by atoms with Crippen molar-refractivity contribution in [3.8, 4) is 11.6 Å². The highest BCUT2D eigenvalue weighted by molar-refractivity contribution is 7.99. The number of hydrogen-bond acceptors (Lipinski definition) is 5. The van der Waals surface area contributed by atoms with Gasteiger partial charge >= 0.3 is 6.18 Å². The van der Waals surface area contributed by atoms with Crippen molar-refractivity contribution in [3.05, 3.63) is 90.2 Å². The number of halogens is 3. The molecule has 6 nitrogen and oxygen atoms in total. The van der Waals surface area contributed by atoms with Crippen LogP contribution in [0.2, 0.25) is 0 Å². The minimum absolute atomic E-state index is 0.0318. The van der Waals surface area contributed by atoms with E-state index in [2.05, 4.69) is 15.5 Å². The summed E-state index contributed by atoms with van der Waals surface area (Å²) in [5, 5.41) is 10.8. The van der Waals surface area contributed by atoms with Gasteiger partial charge in [-0.1, -0.05) is 72.4 Å². The van der Waals surface area contributed by atoms with Gasteiger partial charge in [0.15, 0.2) is 17.0 Å². The Kier molecular flexibility index (Phi) is 6.83. The van der Waals surface area contributed by atoms with Crippen LogP contribution in [0, 0.1) is 0 Å². The Balaban J connectivity index is 1.51. The second kappa shape index (κ2) is 9.95. The van der Waals surface area contributed by atoms with Crippen LogP contribution < -0.4 is 5.32 Å². The van der Waals surface area contributed by atoms with Gasteiger partial charge in [-0.3, -0.25) is 9.36 Å². The average Bonchev–Trinajstić information content (AvgIpc) is 3.47. The number of benzene rings is 2. The summed E-state index contributed by atoms with van der Waals surface area (Å²) in [6, 6.07) is 18.2. The first-order valence-corrected chi connectivity index (χ1v) is 10.9. The van der Waals surface area contributed by atoms with E-state index in [9.17, 15) is 18.0 Å². The Morgan fingerprint density at radius 1 is 1.00 bits per heavy atom. The molecule has 2 aromatic carbocycles. The highest BCUT2D eigenvalue weighted by Crippen LogP contribution is 2.33. The molecule has 4 rings (SSSR count). The van der Waals surface area contributed by atoms with Crippen LogP contribution in [0.4, 0.5) is 13.2 Å². The van der Waals surface area contributed by atoms with E-state index in [1.165, 1.54) is 30.5 Å². The number of hydrogen-bond donors (Lipinski definition) is 1. The van der Waals surface area contributed by atoms with Gasteiger partial charge in [-0.2, -0.15) is 13.2 Å². The van der Waals surface area contributed by atoms with Crippen molar-refractivity contribution in [2.45, 2.75) is 23.9 Å². The number of aromatic nitrogens is 3. The zero-order valence-electron chi connectivity index (χ0n) is 17.2. The predicted octanol–water partition coefficient (Wildman–Crippen LogP) is 5.10. The van der Waals surface area contributed by atoms with Crippen LogP contribution >= 0.6 is 11.8 Å². The zero-order valence-corrected chi connectivity index (χ0v) is 18.0. The topological polar surface area (TPSA) is 73.0 Å². The zero-order chi connectivity index (χ0) is 23.3. The monoisotopic (exact) mass is 472 g/mol. The van der Waals surface area contributed by atoms with Gasteiger partial charge in [0.2, 0.25) is 11.7 Å². The Hall–Kier alpha value is -3.53. The molecular weight excluding hydrogens is 453 g/mol. The molecule has 1 atom stereocenters. The Labute approximate surface area is 191 Å². The molecule has 0 bridgehead atoms. The lowest BCUT2D eigenvalue weighted by atomic mass is 10.1. The molecule has 2 aromatic heterocycles. The molecule has 0 spiro atoms. The van der Waals surface area contributed by atoms with E-state index in [4.69, 9.17) is 4.42 Å². The first kappa shape index (κ1) is 22.7. The maximum Gasteiger partial charge on any atom is 0.412 e. The lowest BCUT2D eigenvalue weighted by Gasteiger charge is -2.22. The molecular formula is C23H19F3N4O2S. The van der Waals surface area contributed by atoms with Gasteiger partial charge in [0, 0.05) is 0 Å². The van der Waals surface area contributed by atoms with E-state index < -0.39 is 18.1 Å². The van der Waals surface area contributed by atoms with Gasteiger partial charge in [-0.05, 0) is 23.3 Å². The summed E-state index contributed by atoms with van der Waals surface area (Å²) in [5.74, 6) is -0.0649. The second-order valence-corrected chi connectivity index (χ2v) is 8.04. The van der Waals surface area contributed by atoms with Crippen molar-refractivity contribution in [3.63, 3.8) is 0 Å². The molecule has 0 aliphatic rings. The number of alkyl halides is 3. The highest BCUT2D eigenvalue weighted by Gasteiger charge is 2.41. The minimum atomic E-state index is -4.62. The molecule has 0 aliphatic carbocycles. The maximum absolute atomic E-state index is 13.5. The van der Waals surface area contributed by atoms with Gasteiger partial charge in [0.05, 0.1) is 18.6 Å². The van der Waals surface area contributed by atoms with Crippen molar-refractivity contribution in [1.82, 2.24) is 20.1 Å². The first-order valence-electron chi connectivity index (χ1n) is 9.96. The van der Waals surface area contributed by atoms with Crippen LogP contribution in [0.25, 0.3) is 11.6 Å². The van der Waals surface area contributed by atoms with Gasteiger partial charge in [0.25, 0.3) is 0 Å². The van der Waals surface area contributed by atoms with Gasteiger partial charge in [-0.25, -0.2) is 0 Å². The lowest BCUT2D eigenvalue weighted by Crippen LogP contribution is -2.39. The smallest absolute Gasteiger partial charge is 0.412 e. The summed E-state index contributed by atoms with van der Waals surface area (Å²) in [5.41, 5.74) is 0.938. The van der Waals surface area contributed by atoms with E-state index in [-0.39, 0.29) is 11.3 Å².